The van der Waals surface area contributed by atoms with Crippen LogP contribution in [-0.4, -0.2) is 4.75 Å². The van der Waals surface area contributed by atoms with Gasteiger partial charge in [0, 0.05) is 15.7 Å². The summed E-state index contributed by atoms with van der Waals surface area (Å²) in [5.74, 6) is 0.705. The Labute approximate surface area is 109 Å². The van der Waals surface area contributed by atoms with E-state index < -0.39 is 0 Å². The monoisotopic (exact) mass is 249 g/mol. The average molecular weight is 249 g/mol. The maximum atomic E-state index is 6.41. The number of hydrogen-bond acceptors (Lipinski definition) is 2. The quantitative estimate of drug-likeness (QED) is 0.805. The van der Waals surface area contributed by atoms with Gasteiger partial charge >= 0.3 is 0 Å². The topological polar surface area (TPSA) is 26.0 Å². The Bertz CT molecular complexity index is 377. The van der Waals surface area contributed by atoms with Gasteiger partial charge in [0.1, 0.15) is 0 Å². The largest absolute Gasteiger partial charge is 0.324 e. The summed E-state index contributed by atoms with van der Waals surface area (Å²) < 4.78 is 0.245. The summed E-state index contributed by atoms with van der Waals surface area (Å²) in [6, 6.07) is 8.88. The third-order valence-corrected chi connectivity index (χ3v) is 4.56. The molecular weight excluding hydrogens is 226 g/mol. The first kappa shape index (κ1) is 13.0. The molecule has 0 radical (unpaired) electrons. The highest BCUT2D eigenvalue weighted by Gasteiger charge is 2.27. The Morgan fingerprint density at radius 1 is 1.24 bits per heavy atom. The smallest absolute Gasteiger partial charge is 0.0334 e. The van der Waals surface area contributed by atoms with E-state index in [9.17, 15) is 0 Å². The molecule has 17 heavy (non-hydrogen) atoms. The first-order valence-electron chi connectivity index (χ1n) is 6.51. The van der Waals surface area contributed by atoms with E-state index >= 15 is 0 Å². The lowest BCUT2D eigenvalue weighted by atomic mass is 9.77. The molecule has 0 bridgehead atoms. The van der Waals surface area contributed by atoms with Gasteiger partial charge < -0.3 is 5.73 Å². The van der Waals surface area contributed by atoms with Gasteiger partial charge in [0.05, 0.1) is 0 Å². The Hall–Kier alpha value is -0.470. The van der Waals surface area contributed by atoms with E-state index in [0.29, 0.717) is 5.92 Å². The van der Waals surface area contributed by atoms with Gasteiger partial charge in [-0.2, -0.15) is 0 Å². The molecule has 1 fully saturated rings. The van der Waals surface area contributed by atoms with Crippen LogP contribution < -0.4 is 5.73 Å². The molecule has 0 aliphatic heterocycles. The number of thioether (sulfide) groups is 1. The van der Waals surface area contributed by atoms with Gasteiger partial charge in [0.2, 0.25) is 0 Å². The zero-order valence-electron chi connectivity index (χ0n) is 11.1. The normalized spacial score (nSPS) is 18.8. The molecule has 1 saturated carbocycles. The van der Waals surface area contributed by atoms with Gasteiger partial charge in [-0.3, -0.25) is 0 Å². The zero-order chi connectivity index (χ0) is 12.5. The van der Waals surface area contributed by atoms with Crippen LogP contribution in [0.3, 0.4) is 0 Å². The van der Waals surface area contributed by atoms with Crippen molar-refractivity contribution in [2.45, 2.75) is 55.7 Å². The predicted molar refractivity (Wildman–Crippen MR) is 76.3 cm³/mol. The molecule has 0 unspecified atom stereocenters. The molecular formula is C15H23NS. The Morgan fingerprint density at radius 2 is 1.88 bits per heavy atom. The summed E-state index contributed by atoms with van der Waals surface area (Å²) in [5.41, 5.74) is 7.75. The minimum Gasteiger partial charge on any atom is -0.324 e. The molecule has 94 valence electrons. The van der Waals surface area contributed by atoms with Crippen molar-refractivity contribution < 1.29 is 0 Å². The molecule has 2 heteroatoms. The van der Waals surface area contributed by atoms with Crippen molar-refractivity contribution in [1.29, 1.82) is 0 Å². The average Bonchev–Trinajstić information content (AvgIpc) is 2.13. The fraction of sp³-hybridized carbons (Fsp3) is 0.600. The maximum absolute atomic E-state index is 6.41. The standard InChI is InChI=1S/C15H23NS/c1-15(2,3)17-13-10-5-4-9-12(13)14(16)11-7-6-8-11/h4-5,9-11,14H,6-8,16H2,1-3H3/t14-/m1/s1. The van der Waals surface area contributed by atoms with Crippen LogP contribution in [0.25, 0.3) is 0 Å². The molecule has 0 saturated heterocycles. The van der Waals surface area contributed by atoms with Crippen molar-refractivity contribution in [2.75, 3.05) is 0 Å². The second-order valence-electron chi connectivity index (χ2n) is 5.97. The van der Waals surface area contributed by atoms with Crippen LogP contribution in [0.15, 0.2) is 29.2 Å². The molecule has 0 aromatic heterocycles. The minimum absolute atomic E-state index is 0.231. The van der Waals surface area contributed by atoms with Gasteiger partial charge in [-0.05, 0) is 30.4 Å². The van der Waals surface area contributed by atoms with Crippen molar-refractivity contribution in [2.24, 2.45) is 11.7 Å². The SMILES string of the molecule is CC(C)(C)Sc1ccccc1[C@H](N)C1CCC1. The van der Waals surface area contributed by atoms with Crippen LogP contribution in [0.5, 0.6) is 0 Å². The second kappa shape index (κ2) is 5.03. The molecule has 1 aromatic carbocycles. The molecule has 2 N–H and O–H groups in total. The van der Waals surface area contributed by atoms with E-state index in [-0.39, 0.29) is 10.8 Å². The molecule has 0 spiro atoms. The van der Waals surface area contributed by atoms with E-state index in [4.69, 9.17) is 5.73 Å². The first-order chi connectivity index (χ1) is 7.97. The van der Waals surface area contributed by atoms with Crippen molar-refractivity contribution in [3.05, 3.63) is 29.8 Å². The van der Waals surface area contributed by atoms with Gasteiger partial charge in [-0.15, -0.1) is 11.8 Å². The van der Waals surface area contributed by atoms with Crippen LogP contribution in [0.1, 0.15) is 51.6 Å². The highest BCUT2D eigenvalue weighted by molar-refractivity contribution is 8.00. The van der Waals surface area contributed by atoms with E-state index in [1.54, 1.807) is 0 Å². The number of benzene rings is 1. The fourth-order valence-corrected chi connectivity index (χ4v) is 3.36. The third kappa shape index (κ3) is 3.26. The Kier molecular flexibility index (Phi) is 3.84. The summed E-state index contributed by atoms with van der Waals surface area (Å²) in [6.45, 7) is 6.76. The highest BCUT2D eigenvalue weighted by Crippen LogP contribution is 2.41. The lowest BCUT2D eigenvalue weighted by molar-refractivity contribution is 0.262. The summed E-state index contributed by atoms with van der Waals surface area (Å²) in [5, 5.41) is 0. The summed E-state index contributed by atoms with van der Waals surface area (Å²) in [6.07, 6.45) is 3.96. The Balaban J connectivity index is 2.20. The van der Waals surface area contributed by atoms with Crippen LogP contribution in [0.4, 0.5) is 0 Å². The molecule has 1 aliphatic carbocycles. The summed E-state index contributed by atoms with van der Waals surface area (Å²) in [4.78, 5) is 1.36. The minimum atomic E-state index is 0.231. The van der Waals surface area contributed by atoms with Crippen LogP contribution in [0, 0.1) is 5.92 Å². The highest BCUT2D eigenvalue weighted by atomic mass is 32.2. The number of hydrogen-bond donors (Lipinski definition) is 1. The molecule has 1 aromatic rings. The van der Waals surface area contributed by atoms with E-state index in [2.05, 4.69) is 45.0 Å². The van der Waals surface area contributed by atoms with Gasteiger partial charge in [0.15, 0.2) is 0 Å². The van der Waals surface area contributed by atoms with Crippen molar-refractivity contribution in [3.63, 3.8) is 0 Å². The van der Waals surface area contributed by atoms with Crippen LogP contribution in [-0.2, 0) is 0 Å². The van der Waals surface area contributed by atoms with E-state index in [1.807, 2.05) is 11.8 Å². The molecule has 0 amide bonds. The predicted octanol–water partition coefficient (Wildman–Crippen LogP) is 4.38. The molecule has 0 heterocycles. The molecule has 1 atom stereocenters. The number of nitrogens with two attached hydrogens (primary N) is 1. The fourth-order valence-electron chi connectivity index (χ4n) is 2.23. The summed E-state index contributed by atoms with van der Waals surface area (Å²) >= 11 is 1.93. The van der Waals surface area contributed by atoms with Crippen molar-refractivity contribution >= 4 is 11.8 Å². The first-order valence-corrected chi connectivity index (χ1v) is 7.32. The van der Waals surface area contributed by atoms with E-state index in [0.717, 1.165) is 0 Å². The van der Waals surface area contributed by atoms with E-state index in [1.165, 1.54) is 29.7 Å². The maximum Gasteiger partial charge on any atom is 0.0334 e. The third-order valence-electron chi connectivity index (χ3n) is 3.35. The second-order valence-corrected chi connectivity index (χ2v) is 7.84. The molecule has 2 rings (SSSR count). The van der Waals surface area contributed by atoms with Crippen LogP contribution >= 0.6 is 11.8 Å². The van der Waals surface area contributed by atoms with Crippen molar-refractivity contribution in [1.82, 2.24) is 0 Å². The Morgan fingerprint density at radius 3 is 2.41 bits per heavy atom. The van der Waals surface area contributed by atoms with Crippen LogP contribution in [0.2, 0.25) is 0 Å². The van der Waals surface area contributed by atoms with Gasteiger partial charge in [0.25, 0.3) is 0 Å². The zero-order valence-corrected chi connectivity index (χ0v) is 11.9. The lowest BCUT2D eigenvalue weighted by Crippen LogP contribution is -2.27. The molecule has 1 aliphatic rings. The lowest BCUT2D eigenvalue weighted by Gasteiger charge is -2.33. The summed E-state index contributed by atoms with van der Waals surface area (Å²) in [7, 11) is 0. The van der Waals surface area contributed by atoms with Gasteiger partial charge in [-0.1, -0.05) is 45.4 Å². The molecule has 1 nitrogen and oxygen atoms in total. The van der Waals surface area contributed by atoms with Gasteiger partial charge in [-0.25, -0.2) is 0 Å². The number of rotatable bonds is 3. The van der Waals surface area contributed by atoms with Crippen molar-refractivity contribution in [3.8, 4) is 0 Å².